The van der Waals surface area contributed by atoms with Gasteiger partial charge in [0.15, 0.2) is 0 Å². The fraction of sp³-hybridized carbons (Fsp3) is 0.250. The maximum atomic E-state index is 12.9. The molecule has 3 aromatic carbocycles. The summed E-state index contributed by atoms with van der Waals surface area (Å²) in [5.74, 6) is -1.42. The number of nitrogens with one attached hydrogen (secondary N) is 1. The zero-order chi connectivity index (χ0) is 24.1. The number of benzene rings is 3. The Morgan fingerprint density at radius 3 is 2.14 bits per heavy atom. The van der Waals surface area contributed by atoms with Gasteiger partial charge in [-0.2, -0.15) is 0 Å². The van der Waals surface area contributed by atoms with E-state index in [4.69, 9.17) is 4.74 Å². The first-order valence-corrected chi connectivity index (χ1v) is 11.8. The van der Waals surface area contributed by atoms with Crippen LogP contribution in [0.25, 0.3) is 11.1 Å². The molecule has 2 aliphatic carbocycles. The van der Waals surface area contributed by atoms with Crippen molar-refractivity contribution in [1.82, 2.24) is 4.90 Å². The Balaban J connectivity index is 1.08. The van der Waals surface area contributed by atoms with Gasteiger partial charge >= 0.3 is 12.1 Å². The smallest absolute Gasteiger partial charge is 0.411 e. The van der Waals surface area contributed by atoms with Crippen LogP contribution in [0.2, 0.25) is 0 Å². The van der Waals surface area contributed by atoms with Crippen molar-refractivity contribution in [3.8, 4) is 11.1 Å². The van der Waals surface area contributed by atoms with E-state index in [1.807, 2.05) is 24.3 Å². The maximum absolute atomic E-state index is 12.9. The number of carbonyl (C=O) groups is 3. The van der Waals surface area contributed by atoms with E-state index >= 15 is 0 Å². The lowest BCUT2D eigenvalue weighted by atomic mass is 9.74. The van der Waals surface area contributed by atoms with Crippen molar-refractivity contribution in [2.45, 2.75) is 18.4 Å². The Morgan fingerprint density at radius 2 is 1.54 bits per heavy atom. The molecule has 0 radical (unpaired) electrons. The van der Waals surface area contributed by atoms with E-state index in [0.717, 1.165) is 17.5 Å². The number of hydrogen-bond donors (Lipinski definition) is 2. The maximum Gasteiger partial charge on any atom is 0.411 e. The highest BCUT2D eigenvalue weighted by atomic mass is 16.5. The van der Waals surface area contributed by atoms with Gasteiger partial charge in [-0.25, -0.2) is 4.79 Å². The van der Waals surface area contributed by atoms with Crippen LogP contribution in [0.5, 0.6) is 0 Å². The highest BCUT2D eigenvalue weighted by Crippen LogP contribution is 2.47. The van der Waals surface area contributed by atoms with Crippen LogP contribution in [0.1, 0.15) is 33.8 Å². The normalized spacial score (nSPS) is 21.6. The van der Waals surface area contributed by atoms with Gasteiger partial charge in [-0.15, -0.1) is 0 Å². The number of aliphatic carboxylic acids is 1. The number of hydrogen-bond acceptors (Lipinski definition) is 4. The molecule has 0 aromatic heterocycles. The van der Waals surface area contributed by atoms with Gasteiger partial charge in [0.2, 0.25) is 0 Å². The summed E-state index contributed by atoms with van der Waals surface area (Å²) in [4.78, 5) is 38.4. The topological polar surface area (TPSA) is 95.9 Å². The second-order valence-electron chi connectivity index (χ2n) is 9.41. The molecule has 7 nitrogen and oxygen atoms in total. The minimum atomic E-state index is -0.829. The molecule has 4 aliphatic rings. The standard InChI is InChI=1S/C28H24N2O5/c31-26(30-14-17-13-24(30)25(17)27(32)33)16-9-11-18(12-10-16)29-28(34)35-15-23-21-7-3-1-5-19(21)20-6-2-4-8-22(20)23/h1-12,17,23-25H,13-15H2,(H,29,34)(H,32,33). The molecule has 3 aromatic rings. The first-order valence-electron chi connectivity index (χ1n) is 11.8. The number of fused-ring (bicyclic) bond motifs is 4. The van der Waals surface area contributed by atoms with Crippen molar-refractivity contribution < 1.29 is 24.2 Å². The van der Waals surface area contributed by atoms with Crippen LogP contribution in [-0.2, 0) is 9.53 Å². The molecule has 2 heterocycles. The summed E-state index contributed by atoms with van der Waals surface area (Å²) >= 11 is 0. The zero-order valence-corrected chi connectivity index (χ0v) is 18.9. The third kappa shape index (κ3) is 3.55. The summed E-state index contributed by atoms with van der Waals surface area (Å²) in [7, 11) is 0. The molecule has 176 valence electrons. The van der Waals surface area contributed by atoms with Crippen LogP contribution in [0.15, 0.2) is 72.8 Å². The molecule has 2 amide bonds. The van der Waals surface area contributed by atoms with E-state index in [2.05, 4.69) is 29.6 Å². The van der Waals surface area contributed by atoms with Gasteiger partial charge in [0, 0.05) is 29.8 Å². The number of rotatable bonds is 5. The average molecular weight is 469 g/mol. The molecule has 2 N–H and O–H groups in total. The Labute approximate surface area is 202 Å². The molecule has 0 spiro atoms. The van der Waals surface area contributed by atoms with Crippen LogP contribution in [-0.4, -0.2) is 47.2 Å². The summed E-state index contributed by atoms with van der Waals surface area (Å²) in [5, 5.41) is 12.0. The third-order valence-corrected chi connectivity index (χ3v) is 7.57. The van der Waals surface area contributed by atoms with Gasteiger partial charge < -0.3 is 14.7 Å². The molecule has 7 heteroatoms. The largest absolute Gasteiger partial charge is 0.481 e. The Morgan fingerprint density at radius 1 is 0.914 bits per heavy atom. The lowest BCUT2D eigenvalue weighted by molar-refractivity contribution is -0.147. The van der Waals surface area contributed by atoms with E-state index in [1.54, 1.807) is 29.2 Å². The predicted molar refractivity (Wildman–Crippen MR) is 129 cm³/mol. The molecular formula is C28H24N2O5. The van der Waals surface area contributed by atoms with E-state index in [1.165, 1.54) is 11.1 Å². The lowest BCUT2D eigenvalue weighted by Gasteiger charge is -2.33. The summed E-state index contributed by atoms with van der Waals surface area (Å²) in [5.41, 5.74) is 5.63. The number of carboxylic acids is 1. The molecule has 3 unspecified atom stereocenters. The Hall–Kier alpha value is -4.13. The average Bonchev–Trinajstić information content (AvgIpc) is 3.54. The quantitative estimate of drug-likeness (QED) is 0.571. The van der Waals surface area contributed by atoms with E-state index in [9.17, 15) is 19.5 Å². The lowest BCUT2D eigenvalue weighted by Crippen LogP contribution is -2.45. The SMILES string of the molecule is O=C(Nc1ccc(C(=O)N2CC3CC2C3C(=O)O)cc1)OCC1c2ccccc2-c2ccccc21. The predicted octanol–water partition coefficient (Wildman–Crippen LogP) is 4.59. The minimum absolute atomic E-state index is 0.0190. The molecule has 2 saturated heterocycles. The Kier molecular flexibility index (Phi) is 5.06. The van der Waals surface area contributed by atoms with Crippen LogP contribution in [0, 0.1) is 11.8 Å². The highest BCUT2D eigenvalue weighted by Gasteiger charge is 2.57. The molecule has 2 bridgehead atoms. The number of carbonyl (C=O) groups excluding carboxylic acids is 2. The molecule has 7 rings (SSSR count). The van der Waals surface area contributed by atoms with Crippen LogP contribution < -0.4 is 5.32 Å². The van der Waals surface area contributed by atoms with Crippen LogP contribution in [0.3, 0.4) is 0 Å². The molecule has 2 aliphatic heterocycles. The van der Waals surface area contributed by atoms with Gasteiger partial charge in [0.1, 0.15) is 6.61 Å². The first kappa shape index (κ1) is 21.4. The second-order valence-corrected chi connectivity index (χ2v) is 9.41. The van der Waals surface area contributed by atoms with Gasteiger partial charge in [-0.1, -0.05) is 48.5 Å². The summed E-state index contributed by atoms with van der Waals surface area (Å²) in [6.07, 6.45) is 0.194. The summed E-state index contributed by atoms with van der Waals surface area (Å²) in [6, 6.07) is 22.7. The van der Waals surface area contributed by atoms with Gasteiger partial charge in [-0.3, -0.25) is 14.9 Å². The number of nitrogens with zero attached hydrogens (tertiary/aromatic N) is 1. The third-order valence-electron chi connectivity index (χ3n) is 7.57. The van der Waals surface area contributed by atoms with Gasteiger partial charge in [0.25, 0.3) is 5.91 Å². The van der Waals surface area contributed by atoms with Crippen LogP contribution in [0.4, 0.5) is 10.5 Å². The monoisotopic (exact) mass is 468 g/mol. The van der Waals surface area contributed by atoms with Crippen molar-refractivity contribution in [2.24, 2.45) is 11.8 Å². The molecule has 1 saturated carbocycles. The fourth-order valence-electron chi connectivity index (χ4n) is 5.83. The number of carboxylic acid groups (broad SMARTS) is 1. The second kappa shape index (κ2) is 8.27. The number of amides is 2. The van der Waals surface area contributed by atoms with E-state index in [0.29, 0.717) is 17.8 Å². The van der Waals surface area contributed by atoms with Crippen molar-refractivity contribution in [2.75, 3.05) is 18.5 Å². The summed E-state index contributed by atoms with van der Waals surface area (Å²) < 4.78 is 5.58. The van der Waals surface area contributed by atoms with Gasteiger partial charge in [0.05, 0.1) is 5.92 Å². The molecule has 3 atom stereocenters. The van der Waals surface area contributed by atoms with Crippen LogP contribution >= 0.6 is 0 Å². The van der Waals surface area contributed by atoms with E-state index < -0.39 is 18.0 Å². The fourth-order valence-corrected chi connectivity index (χ4v) is 5.83. The van der Waals surface area contributed by atoms with Crippen molar-refractivity contribution in [3.63, 3.8) is 0 Å². The van der Waals surface area contributed by atoms with E-state index in [-0.39, 0.29) is 30.4 Å². The van der Waals surface area contributed by atoms with Crippen molar-refractivity contribution in [1.29, 1.82) is 0 Å². The number of anilines is 1. The first-order chi connectivity index (χ1) is 17.0. The van der Waals surface area contributed by atoms with Gasteiger partial charge in [-0.05, 0) is 58.9 Å². The van der Waals surface area contributed by atoms with Crippen molar-refractivity contribution >= 4 is 23.7 Å². The minimum Gasteiger partial charge on any atom is -0.481 e. The molecule has 35 heavy (non-hydrogen) atoms. The van der Waals surface area contributed by atoms with Crippen molar-refractivity contribution in [3.05, 3.63) is 89.5 Å². The highest BCUT2D eigenvalue weighted by molar-refractivity contribution is 5.96. The molecular weight excluding hydrogens is 444 g/mol. The number of ether oxygens (including phenoxy) is 1. The zero-order valence-electron chi connectivity index (χ0n) is 18.9. The summed E-state index contributed by atoms with van der Waals surface area (Å²) in [6.45, 7) is 0.707. The molecule has 3 fully saturated rings. The Bertz CT molecular complexity index is 1290.